The number of hydrogen-bond acceptors (Lipinski definition) is 3. The van der Waals surface area contributed by atoms with Crippen molar-refractivity contribution in [2.75, 3.05) is 34.3 Å². The van der Waals surface area contributed by atoms with Crippen LogP contribution < -0.4 is 0 Å². The minimum absolute atomic E-state index is 0.621. The molecular formula is C8H18N2O. The van der Waals surface area contributed by atoms with Crippen molar-refractivity contribution in [3.8, 4) is 0 Å². The van der Waals surface area contributed by atoms with Crippen LogP contribution in [0.4, 0.5) is 0 Å². The number of hydroxylamine groups is 2. The van der Waals surface area contributed by atoms with E-state index < -0.39 is 0 Å². The van der Waals surface area contributed by atoms with Crippen LogP contribution in [0.15, 0.2) is 0 Å². The molecule has 0 atom stereocenters. The first kappa shape index (κ1) is 8.97. The van der Waals surface area contributed by atoms with Crippen LogP contribution in [0.3, 0.4) is 0 Å². The van der Waals surface area contributed by atoms with Crippen LogP contribution >= 0.6 is 0 Å². The second kappa shape index (κ2) is 4.04. The molecule has 0 N–H and O–H groups in total. The zero-order valence-corrected chi connectivity index (χ0v) is 7.71. The number of hydrogen-bond donors (Lipinski definition) is 0. The average Bonchev–Trinajstić information content (AvgIpc) is 2.05. The summed E-state index contributed by atoms with van der Waals surface area (Å²) in [6.07, 6.45) is 2.45. The third-order valence-corrected chi connectivity index (χ3v) is 2.49. The molecule has 1 saturated heterocycles. The van der Waals surface area contributed by atoms with Gasteiger partial charge in [0.25, 0.3) is 0 Å². The molecule has 1 fully saturated rings. The number of piperidine rings is 1. The van der Waals surface area contributed by atoms with Crippen molar-refractivity contribution in [2.45, 2.75) is 18.9 Å². The zero-order valence-electron chi connectivity index (χ0n) is 7.71. The second-order valence-electron chi connectivity index (χ2n) is 3.26. The summed E-state index contributed by atoms with van der Waals surface area (Å²) in [4.78, 5) is 7.50. The van der Waals surface area contributed by atoms with Crippen molar-refractivity contribution in [3.63, 3.8) is 0 Å². The summed E-state index contributed by atoms with van der Waals surface area (Å²) in [5.41, 5.74) is 0. The predicted octanol–water partition coefficient (Wildman–Crippen LogP) is 0.574. The summed E-state index contributed by atoms with van der Waals surface area (Å²) >= 11 is 0. The van der Waals surface area contributed by atoms with Crippen LogP contribution in [0.1, 0.15) is 12.8 Å². The van der Waals surface area contributed by atoms with Gasteiger partial charge in [0, 0.05) is 13.1 Å². The lowest BCUT2D eigenvalue weighted by Crippen LogP contribution is -2.41. The van der Waals surface area contributed by atoms with Gasteiger partial charge in [-0.25, -0.2) is 0 Å². The summed E-state index contributed by atoms with van der Waals surface area (Å²) < 4.78 is 0. The molecule has 1 rings (SSSR count). The molecule has 1 aliphatic heterocycles. The van der Waals surface area contributed by atoms with Crippen LogP contribution in [0, 0.1) is 0 Å². The third-order valence-electron chi connectivity index (χ3n) is 2.49. The van der Waals surface area contributed by atoms with Gasteiger partial charge in [-0.1, -0.05) is 0 Å². The summed E-state index contributed by atoms with van der Waals surface area (Å²) in [6.45, 7) is 2.39. The van der Waals surface area contributed by atoms with E-state index in [-0.39, 0.29) is 0 Å². The van der Waals surface area contributed by atoms with Crippen molar-refractivity contribution in [3.05, 3.63) is 0 Å². The van der Waals surface area contributed by atoms with Gasteiger partial charge in [0.05, 0.1) is 7.11 Å². The highest BCUT2D eigenvalue weighted by Gasteiger charge is 2.19. The first-order valence-electron chi connectivity index (χ1n) is 4.19. The molecule has 0 amide bonds. The second-order valence-corrected chi connectivity index (χ2v) is 3.26. The van der Waals surface area contributed by atoms with Gasteiger partial charge in [0.2, 0.25) is 0 Å². The van der Waals surface area contributed by atoms with E-state index in [0.717, 1.165) is 0 Å². The fourth-order valence-electron chi connectivity index (χ4n) is 1.51. The topological polar surface area (TPSA) is 15.7 Å². The lowest BCUT2D eigenvalue weighted by Gasteiger charge is -2.33. The molecule has 0 aromatic rings. The molecule has 0 bridgehead atoms. The lowest BCUT2D eigenvalue weighted by molar-refractivity contribution is -0.150. The number of rotatable bonds is 2. The fourth-order valence-corrected chi connectivity index (χ4v) is 1.51. The Bertz CT molecular complexity index is 111. The van der Waals surface area contributed by atoms with E-state index in [0.29, 0.717) is 6.04 Å². The maximum absolute atomic E-state index is 5.14. The minimum atomic E-state index is 0.621. The Kier molecular flexibility index (Phi) is 3.30. The van der Waals surface area contributed by atoms with E-state index in [2.05, 4.69) is 11.9 Å². The van der Waals surface area contributed by atoms with Crippen molar-refractivity contribution in [1.29, 1.82) is 0 Å². The highest BCUT2D eigenvalue weighted by atomic mass is 16.7. The van der Waals surface area contributed by atoms with Crippen molar-refractivity contribution >= 4 is 0 Å². The van der Waals surface area contributed by atoms with Crippen LogP contribution in [0.25, 0.3) is 0 Å². The minimum Gasteiger partial charge on any atom is -0.306 e. The van der Waals surface area contributed by atoms with Gasteiger partial charge < -0.3 is 9.74 Å². The molecule has 66 valence electrons. The van der Waals surface area contributed by atoms with Crippen LogP contribution in [0.2, 0.25) is 0 Å². The molecule has 0 radical (unpaired) electrons. The molecule has 11 heavy (non-hydrogen) atoms. The fraction of sp³-hybridized carbons (Fsp3) is 1.00. The van der Waals surface area contributed by atoms with Crippen LogP contribution in [-0.4, -0.2) is 50.3 Å². The largest absolute Gasteiger partial charge is 0.306 e. The van der Waals surface area contributed by atoms with Crippen LogP contribution in [0.5, 0.6) is 0 Å². The summed E-state index contributed by atoms with van der Waals surface area (Å²) in [5, 5.41) is 1.97. The van der Waals surface area contributed by atoms with Gasteiger partial charge in [0.15, 0.2) is 0 Å². The van der Waals surface area contributed by atoms with Gasteiger partial charge in [-0.3, -0.25) is 0 Å². The molecular weight excluding hydrogens is 140 g/mol. The quantitative estimate of drug-likeness (QED) is 0.547. The molecule has 0 spiro atoms. The normalized spacial score (nSPS) is 22.9. The lowest BCUT2D eigenvalue weighted by atomic mass is 10.1. The van der Waals surface area contributed by atoms with E-state index in [9.17, 15) is 0 Å². The monoisotopic (exact) mass is 158 g/mol. The molecule has 0 aromatic heterocycles. The average molecular weight is 158 g/mol. The van der Waals surface area contributed by atoms with E-state index >= 15 is 0 Å². The van der Waals surface area contributed by atoms with E-state index in [1.54, 1.807) is 7.11 Å². The zero-order chi connectivity index (χ0) is 8.27. The Balaban J connectivity index is 2.27. The van der Waals surface area contributed by atoms with E-state index in [1.807, 2.05) is 12.1 Å². The number of nitrogens with zero attached hydrogens (tertiary/aromatic N) is 2. The van der Waals surface area contributed by atoms with Crippen molar-refractivity contribution < 1.29 is 4.84 Å². The summed E-state index contributed by atoms with van der Waals surface area (Å²) in [7, 11) is 5.91. The Hall–Kier alpha value is -0.120. The molecule has 1 aliphatic rings. The standard InChI is InChI=1S/C8H18N2O/c1-9-6-4-8(5-7-9)10(2)11-3/h8H,4-7H2,1-3H3. The molecule has 0 aromatic carbocycles. The first-order chi connectivity index (χ1) is 5.24. The molecule has 0 saturated carbocycles. The van der Waals surface area contributed by atoms with E-state index in [1.165, 1.54) is 25.9 Å². The highest BCUT2D eigenvalue weighted by molar-refractivity contribution is 4.73. The van der Waals surface area contributed by atoms with E-state index in [4.69, 9.17) is 4.84 Å². The Morgan fingerprint density at radius 3 is 2.36 bits per heavy atom. The summed E-state index contributed by atoms with van der Waals surface area (Å²) in [6, 6.07) is 0.621. The molecule has 0 unspecified atom stereocenters. The molecule has 0 aliphatic carbocycles. The third kappa shape index (κ3) is 2.43. The van der Waals surface area contributed by atoms with Gasteiger partial charge in [0.1, 0.15) is 0 Å². The van der Waals surface area contributed by atoms with Gasteiger partial charge in [-0.05, 0) is 33.0 Å². The summed E-state index contributed by atoms with van der Waals surface area (Å²) in [5.74, 6) is 0. The van der Waals surface area contributed by atoms with Crippen molar-refractivity contribution in [1.82, 2.24) is 9.96 Å². The Morgan fingerprint density at radius 1 is 1.36 bits per heavy atom. The molecule has 3 nitrogen and oxygen atoms in total. The molecule has 3 heteroatoms. The highest BCUT2D eigenvalue weighted by Crippen LogP contribution is 2.13. The van der Waals surface area contributed by atoms with Gasteiger partial charge in [-0.15, -0.1) is 0 Å². The Labute approximate surface area is 68.9 Å². The first-order valence-corrected chi connectivity index (χ1v) is 4.19. The SMILES string of the molecule is CON(C)C1CCN(C)CC1. The molecule has 1 heterocycles. The maximum Gasteiger partial charge on any atom is 0.0575 e. The number of likely N-dealkylation sites (tertiary alicyclic amines) is 1. The van der Waals surface area contributed by atoms with Gasteiger partial charge in [-0.2, -0.15) is 5.06 Å². The van der Waals surface area contributed by atoms with Gasteiger partial charge >= 0.3 is 0 Å². The maximum atomic E-state index is 5.14. The Morgan fingerprint density at radius 2 is 1.91 bits per heavy atom. The predicted molar refractivity (Wildman–Crippen MR) is 45.3 cm³/mol. The van der Waals surface area contributed by atoms with Crippen LogP contribution in [-0.2, 0) is 4.84 Å². The smallest absolute Gasteiger partial charge is 0.0575 e. The van der Waals surface area contributed by atoms with Crippen molar-refractivity contribution in [2.24, 2.45) is 0 Å².